The first-order valence-corrected chi connectivity index (χ1v) is 7.28. The fourth-order valence-electron chi connectivity index (χ4n) is 2.00. The van der Waals surface area contributed by atoms with Crippen molar-refractivity contribution in [2.75, 3.05) is 13.1 Å². The SMILES string of the molecule is NC(=O)N1CCC(NCc2ccc(Br)s2)CC1. The predicted octanol–water partition coefficient (Wildman–Crippen LogP) is 2.14. The molecule has 1 fully saturated rings. The number of hydrogen-bond acceptors (Lipinski definition) is 3. The third kappa shape index (κ3) is 3.69. The third-order valence-electron chi connectivity index (χ3n) is 3.00. The summed E-state index contributed by atoms with van der Waals surface area (Å²) in [6.07, 6.45) is 1.96. The quantitative estimate of drug-likeness (QED) is 0.897. The monoisotopic (exact) mass is 317 g/mol. The van der Waals surface area contributed by atoms with Crippen molar-refractivity contribution < 1.29 is 4.79 Å². The first kappa shape index (κ1) is 12.9. The van der Waals surface area contributed by atoms with E-state index in [0.29, 0.717) is 6.04 Å². The van der Waals surface area contributed by atoms with E-state index in [1.165, 1.54) is 4.88 Å². The number of amides is 2. The second-order valence-corrected chi connectivity index (χ2v) is 6.73. The maximum absolute atomic E-state index is 11.0. The van der Waals surface area contributed by atoms with Crippen LogP contribution in [0.5, 0.6) is 0 Å². The van der Waals surface area contributed by atoms with Crippen LogP contribution in [0.3, 0.4) is 0 Å². The van der Waals surface area contributed by atoms with Crippen LogP contribution in [0.4, 0.5) is 4.79 Å². The minimum absolute atomic E-state index is 0.300. The summed E-state index contributed by atoms with van der Waals surface area (Å²) in [5.41, 5.74) is 5.24. The number of primary amides is 1. The van der Waals surface area contributed by atoms with Crippen LogP contribution in [0.15, 0.2) is 15.9 Å². The zero-order chi connectivity index (χ0) is 12.3. The summed E-state index contributed by atoms with van der Waals surface area (Å²) in [5.74, 6) is 0. The molecular formula is C11H16BrN3OS. The molecular weight excluding hydrogens is 302 g/mol. The maximum atomic E-state index is 11.0. The number of nitrogens with one attached hydrogen (secondary N) is 1. The van der Waals surface area contributed by atoms with Crippen molar-refractivity contribution >= 4 is 33.3 Å². The summed E-state index contributed by atoms with van der Waals surface area (Å²) < 4.78 is 1.16. The van der Waals surface area contributed by atoms with Gasteiger partial charge < -0.3 is 16.0 Å². The number of rotatable bonds is 3. The Balaban J connectivity index is 1.73. The second-order valence-electron chi connectivity index (χ2n) is 4.19. The van der Waals surface area contributed by atoms with E-state index >= 15 is 0 Å². The van der Waals surface area contributed by atoms with Crippen LogP contribution >= 0.6 is 27.3 Å². The second kappa shape index (κ2) is 5.84. The average molecular weight is 318 g/mol. The highest BCUT2D eigenvalue weighted by atomic mass is 79.9. The summed E-state index contributed by atoms with van der Waals surface area (Å²) in [7, 11) is 0. The molecule has 0 saturated carbocycles. The molecule has 0 aromatic carbocycles. The van der Waals surface area contributed by atoms with Gasteiger partial charge in [-0.2, -0.15) is 0 Å². The van der Waals surface area contributed by atoms with Crippen molar-refractivity contribution in [3.63, 3.8) is 0 Å². The number of nitrogens with two attached hydrogens (primary N) is 1. The molecule has 0 aliphatic carbocycles. The van der Waals surface area contributed by atoms with Gasteiger partial charge in [-0.05, 0) is 40.9 Å². The van der Waals surface area contributed by atoms with Gasteiger partial charge in [-0.15, -0.1) is 11.3 Å². The Bertz CT molecular complexity index is 388. The molecule has 2 rings (SSSR count). The summed E-state index contributed by atoms with van der Waals surface area (Å²) in [4.78, 5) is 14.0. The number of carbonyl (C=O) groups excluding carboxylic acids is 1. The van der Waals surface area contributed by atoms with Crippen LogP contribution in [0, 0.1) is 0 Å². The molecule has 0 spiro atoms. The Morgan fingerprint density at radius 3 is 2.76 bits per heavy atom. The number of urea groups is 1. The zero-order valence-electron chi connectivity index (χ0n) is 9.49. The summed E-state index contributed by atoms with van der Waals surface area (Å²) in [6.45, 7) is 2.43. The first-order chi connectivity index (χ1) is 8.15. The summed E-state index contributed by atoms with van der Waals surface area (Å²) in [6, 6.07) is 4.38. The molecule has 94 valence electrons. The molecule has 17 heavy (non-hydrogen) atoms. The lowest BCUT2D eigenvalue weighted by Gasteiger charge is -2.31. The van der Waals surface area contributed by atoms with E-state index in [1.807, 2.05) is 0 Å². The van der Waals surface area contributed by atoms with Gasteiger partial charge in [-0.1, -0.05) is 0 Å². The van der Waals surface area contributed by atoms with Crippen LogP contribution in [0.25, 0.3) is 0 Å². The molecule has 0 radical (unpaired) electrons. The summed E-state index contributed by atoms with van der Waals surface area (Å²) in [5, 5.41) is 3.52. The number of likely N-dealkylation sites (tertiary alicyclic amines) is 1. The van der Waals surface area contributed by atoms with E-state index in [1.54, 1.807) is 16.2 Å². The van der Waals surface area contributed by atoms with Crippen molar-refractivity contribution in [3.8, 4) is 0 Å². The third-order valence-corrected chi connectivity index (χ3v) is 4.62. The normalized spacial score (nSPS) is 17.4. The molecule has 0 bridgehead atoms. The highest BCUT2D eigenvalue weighted by Crippen LogP contribution is 2.22. The Morgan fingerprint density at radius 2 is 2.24 bits per heavy atom. The molecule has 1 aliphatic rings. The lowest BCUT2D eigenvalue weighted by molar-refractivity contribution is 0.185. The van der Waals surface area contributed by atoms with Gasteiger partial charge in [0.2, 0.25) is 0 Å². The molecule has 4 nitrogen and oxygen atoms in total. The molecule has 1 aromatic heterocycles. The summed E-state index contributed by atoms with van der Waals surface area (Å²) >= 11 is 5.21. The highest BCUT2D eigenvalue weighted by Gasteiger charge is 2.20. The van der Waals surface area contributed by atoms with E-state index in [4.69, 9.17) is 5.73 Å². The molecule has 2 heterocycles. The highest BCUT2D eigenvalue weighted by molar-refractivity contribution is 9.11. The predicted molar refractivity (Wildman–Crippen MR) is 73.0 cm³/mol. The fraction of sp³-hybridized carbons (Fsp3) is 0.545. The Labute approximate surface area is 113 Å². The Hall–Kier alpha value is -0.590. The van der Waals surface area contributed by atoms with Crippen LogP contribution in [0.2, 0.25) is 0 Å². The maximum Gasteiger partial charge on any atom is 0.314 e. The molecule has 1 aliphatic heterocycles. The molecule has 0 atom stereocenters. The Kier molecular flexibility index (Phi) is 4.42. The minimum atomic E-state index is -0.300. The van der Waals surface area contributed by atoms with Gasteiger partial charge in [-0.3, -0.25) is 0 Å². The van der Waals surface area contributed by atoms with Crippen molar-refractivity contribution in [2.45, 2.75) is 25.4 Å². The van der Waals surface area contributed by atoms with Crippen molar-refractivity contribution in [2.24, 2.45) is 5.73 Å². The molecule has 0 unspecified atom stereocenters. The van der Waals surface area contributed by atoms with E-state index in [2.05, 4.69) is 33.4 Å². The van der Waals surface area contributed by atoms with Gasteiger partial charge in [-0.25, -0.2) is 4.79 Å². The van der Waals surface area contributed by atoms with Crippen LogP contribution in [-0.4, -0.2) is 30.1 Å². The molecule has 1 aromatic rings. The zero-order valence-corrected chi connectivity index (χ0v) is 11.9. The van der Waals surface area contributed by atoms with E-state index in [9.17, 15) is 4.79 Å². The van der Waals surface area contributed by atoms with Gasteiger partial charge in [0, 0.05) is 30.6 Å². The van der Waals surface area contributed by atoms with Crippen LogP contribution in [0.1, 0.15) is 17.7 Å². The van der Waals surface area contributed by atoms with Crippen LogP contribution < -0.4 is 11.1 Å². The van der Waals surface area contributed by atoms with Gasteiger partial charge >= 0.3 is 6.03 Å². The topological polar surface area (TPSA) is 58.4 Å². The largest absolute Gasteiger partial charge is 0.351 e. The Morgan fingerprint density at radius 1 is 1.53 bits per heavy atom. The van der Waals surface area contributed by atoms with Gasteiger partial charge in [0.15, 0.2) is 0 Å². The van der Waals surface area contributed by atoms with E-state index < -0.39 is 0 Å². The van der Waals surface area contributed by atoms with Gasteiger partial charge in [0.05, 0.1) is 3.79 Å². The lowest BCUT2D eigenvalue weighted by atomic mass is 10.1. The number of thiophene rings is 1. The van der Waals surface area contributed by atoms with Gasteiger partial charge in [0.1, 0.15) is 0 Å². The van der Waals surface area contributed by atoms with Crippen molar-refractivity contribution in [1.82, 2.24) is 10.2 Å². The van der Waals surface area contributed by atoms with Crippen molar-refractivity contribution in [1.29, 1.82) is 0 Å². The van der Waals surface area contributed by atoms with E-state index in [0.717, 1.165) is 36.3 Å². The smallest absolute Gasteiger partial charge is 0.314 e. The molecule has 3 N–H and O–H groups in total. The molecule has 6 heteroatoms. The number of piperidine rings is 1. The minimum Gasteiger partial charge on any atom is -0.351 e. The van der Waals surface area contributed by atoms with Crippen molar-refractivity contribution in [3.05, 3.63) is 20.8 Å². The number of halogens is 1. The average Bonchev–Trinajstić information content (AvgIpc) is 2.73. The number of carbonyl (C=O) groups is 1. The van der Waals surface area contributed by atoms with Gasteiger partial charge in [0.25, 0.3) is 0 Å². The standard InChI is InChI=1S/C11H16BrN3OS/c12-10-2-1-9(17-10)7-14-8-3-5-15(6-4-8)11(13)16/h1-2,8,14H,3-7H2,(H2,13,16). The lowest BCUT2D eigenvalue weighted by Crippen LogP contribution is -2.46. The number of nitrogens with zero attached hydrogens (tertiary/aromatic N) is 1. The van der Waals surface area contributed by atoms with Crippen LogP contribution in [-0.2, 0) is 6.54 Å². The van der Waals surface area contributed by atoms with E-state index in [-0.39, 0.29) is 6.03 Å². The number of hydrogen-bond donors (Lipinski definition) is 2. The first-order valence-electron chi connectivity index (χ1n) is 5.67. The molecule has 1 saturated heterocycles. The molecule has 2 amide bonds. The fourth-order valence-corrected chi connectivity index (χ4v) is 3.43.